The highest BCUT2D eigenvalue weighted by Gasteiger charge is 2.28. The van der Waals surface area contributed by atoms with Crippen LogP contribution in [0, 0.1) is 5.82 Å². The molecule has 0 bridgehead atoms. The number of rotatable bonds is 4. The number of halogens is 3. The summed E-state index contributed by atoms with van der Waals surface area (Å²) in [6.07, 6.45) is 6.31. The summed E-state index contributed by atoms with van der Waals surface area (Å²) in [6, 6.07) is 3.53. The van der Waals surface area contributed by atoms with E-state index in [1.807, 2.05) is 11.8 Å². The summed E-state index contributed by atoms with van der Waals surface area (Å²) in [4.78, 5) is 4.57. The molecule has 2 aromatic rings. The molecule has 21 heavy (non-hydrogen) atoms. The third-order valence-corrected chi connectivity index (χ3v) is 5.75. The van der Waals surface area contributed by atoms with Gasteiger partial charge in [0, 0.05) is 29.7 Å². The summed E-state index contributed by atoms with van der Waals surface area (Å²) in [5.41, 5.74) is 1.60. The van der Waals surface area contributed by atoms with Crippen LogP contribution in [-0.2, 0) is 6.42 Å². The summed E-state index contributed by atoms with van der Waals surface area (Å²) < 4.78 is 15.9. The van der Waals surface area contributed by atoms with Gasteiger partial charge in [-0.15, -0.1) is 11.6 Å². The number of alkyl halides is 1. The molecule has 0 amide bonds. The summed E-state index contributed by atoms with van der Waals surface area (Å²) in [5.74, 6) is 1.03. The third kappa shape index (κ3) is 2.90. The number of imidazole rings is 1. The van der Waals surface area contributed by atoms with Crippen LogP contribution >= 0.6 is 35.0 Å². The molecule has 0 spiro atoms. The molecule has 0 N–H and O–H groups in total. The van der Waals surface area contributed by atoms with E-state index in [1.165, 1.54) is 12.5 Å². The fourth-order valence-corrected chi connectivity index (χ4v) is 4.29. The Labute approximate surface area is 138 Å². The van der Waals surface area contributed by atoms with E-state index in [1.54, 1.807) is 6.07 Å². The minimum absolute atomic E-state index is 0.153. The van der Waals surface area contributed by atoms with Crippen molar-refractivity contribution in [2.24, 2.45) is 0 Å². The number of benzene rings is 1. The van der Waals surface area contributed by atoms with Crippen molar-refractivity contribution < 1.29 is 4.39 Å². The van der Waals surface area contributed by atoms with Crippen molar-refractivity contribution in [3.8, 4) is 0 Å². The maximum Gasteiger partial charge on any atom is 0.144 e. The lowest BCUT2D eigenvalue weighted by Gasteiger charge is -2.17. The normalized spacial score (nSPS) is 22.3. The second-order valence-corrected chi connectivity index (χ2v) is 7.34. The van der Waals surface area contributed by atoms with Gasteiger partial charge in [0.2, 0.25) is 0 Å². The number of fused-ring (bicyclic) bond motifs is 1. The predicted octanol–water partition coefficient (Wildman–Crippen LogP) is 5.07. The Morgan fingerprint density at radius 1 is 1.43 bits per heavy atom. The first-order chi connectivity index (χ1) is 10.1. The first kappa shape index (κ1) is 15.4. The highest BCUT2D eigenvalue weighted by atomic mass is 35.5. The van der Waals surface area contributed by atoms with Gasteiger partial charge in [0.15, 0.2) is 0 Å². The minimum atomic E-state index is -0.417. The van der Waals surface area contributed by atoms with Gasteiger partial charge < -0.3 is 4.57 Å². The topological polar surface area (TPSA) is 17.8 Å². The summed E-state index contributed by atoms with van der Waals surface area (Å²) >= 11 is 13.8. The molecule has 6 heteroatoms. The molecule has 3 rings (SSSR count). The van der Waals surface area contributed by atoms with Gasteiger partial charge in [0.05, 0.1) is 16.1 Å². The van der Waals surface area contributed by atoms with Crippen LogP contribution in [-0.4, -0.2) is 26.9 Å². The lowest BCUT2D eigenvalue weighted by molar-refractivity contribution is 0.514. The van der Waals surface area contributed by atoms with Gasteiger partial charge in [-0.1, -0.05) is 11.6 Å². The Kier molecular flexibility index (Phi) is 4.67. The van der Waals surface area contributed by atoms with Crippen molar-refractivity contribution in [1.29, 1.82) is 0 Å². The van der Waals surface area contributed by atoms with Gasteiger partial charge in [-0.05, 0) is 31.6 Å². The quantitative estimate of drug-likeness (QED) is 0.719. The molecule has 1 saturated carbocycles. The van der Waals surface area contributed by atoms with Crippen LogP contribution < -0.4 is 0 Å². The maximum atomic E-state index is 13.7. The van der Waals surface area contributed by atoms with E-state index >= 15 is 0 Å². The second-order valence-electron chi connectivity index (χ2n) is 5.42. The Morgan fingerprint density at radius 2 is 2.24 bits per heavy atom. The Hall–Kier alpha value is -0.450. The average Bonchev–Trinajstić information content (AvgIpc) is 3.04. The van der Waals surface area contributed by atoms with Crippen LogP contribution in [0.5, 0.6) is 0 Å². The molecule has 1 heterocycles. The molecule has 1 aromatic carbocycles. The molecular formula is C15H17Cl2FN2S. The summed E-state index contributed by atoms with van der Waals surface area (Å²) in [7, 11) is 0. The number of hydrogen-bond acceptors (Lipinski definition) is 2. The van der Waals surface area contributed by atoms with Crippen LogP contribution in [0.25, 0.3) is 11.0 Å². The highest BCUT2D eigenvalue weighted by Crippen LogP contribution is 2.39. The third-order valence-electron chi connectivity index (χ3n) is 4.18. The first-order valence-corrected chi connectivity index (χ1v) is 9.28. The van der Waals surface area contributed by atoms with Crippen molar-refractivity contribution in [1.82, 2.24) is 9.55 Å². The van der Waals surface area contributed by atoms with E-state index in [9.17, 15) is 4.39 Å². The molecule has 2 atom stereocenters. The van der Waals surface area contributed by atoms with Crippen LogP contribution in [0.3, 0.4) is 0 Å². The van der Waals surface area contributed by atoms with Crippen LogP contribution in [0.1, 0.15) is 31.1 Å². The lowest BCUT2D eigenvalue weighted by atomic mass is 10.2. The Bertz CT molecular complexity index is 659. The van der Waals surface area contributed by atoms with Gasteiger partial charge in [0.1, 0.15) is 11.6 Å². The number of hydrogen-bond donors (Lipinski definition) is 0. The molecule has 1 aromatic heterocycles. The zero-order chi connectivity index (χ0) is 15.0. The number of aromatic nitrogens is 2. The first-order valence-electron chi connectivity index (χ1n) is 7.08. The number of aryl methyl sites for hydroxylation is 1. The van der Waals surface area contributed by atoms with Crippen molar-refractivity contribution >= 4 is 46.0 Å². The molecular weight excluding hydrogens is 330 g/mol. The van der Waals surface area contributed by atoms with E-state index in [4.69, 9.17) is 23.2 Å². The summed E-state index contributed by atoms with van der Waals surface area (Å²) in [6.45, 7) is 0. The molecule has 1 aliphatic rings. The van der Waals surface area contributed by atoms with E-state index < -0.39 is 5.82 Å². The van der Waals surface area contributed by atoms with Crippen molar-refractivity contribution in [2.75, 3.05) is 12.1 Å². The second kappa shape index (κ2) is 6.35. The van der Waals surface area contributed by atoms with E-state index in [-0.39, 0.29) is 5.02 Å². The number of thioether (sulfide) groups is 1. The molecule has 0 saturated heterocycles. The molecule has 114 valence electrons. The molecule has 2 unspecified atom stereocenters. The predicted molar refractivity (Wildman–Crippen MR) is 89.3 cm³/mol. The van der Waals surface area contributed by atoms with Gasteiger partial charge >= 0.3 is 0 Å². The molecule has 1 fully saturated rings. The average molecular weight is 347 g/mol. The zero-order valence-electron chi connectivity index (χ0n) is 11.8. The fourth-order valence-electron chi connectivity index (χ4n) is 3.17. The Morgan fingerprint density at radius 3 is 2.90 bits per heavy atom. The van der Waals surface area contributed by atoms with Crippen molar-refractivity contribution in [3.05, 3.63) is 28.8 Å². The molecule has 0 radical (unpaired) electrons. The van der Waals surface area contributed by atoms with Gasteiger partial charge in [-0.3, -0.25) is 0 Å². The van der Waals surface area contributed by atoms with Crippen LogP contribution in [0.15, 0.2) is 12.1 Å². The van der Waals surface area contributed by atoms with Gasteiger partial charge in [-0.25, -0.2) is 9.37 Å². The largest absolute Gasteiger partial charge is 0.325 e. The fraction of sp³-hybridized carbons (Fsp3) is 0.533. The summed E-state index contributed by atoms with van der Waals surface area (Å²) in [5, 5.41) is 0.840. The van der Waals surface area contributed by atoms with Crippen LogP contribution in [0.4, 0.5) is 4.39 Å². The van der Waals surface area contributed by atoms with E-state index in [0.717, 1.165) is 24.2 Å². The number of nitrogens with zero attached hydrogens (tertiary/aromatic N) is 2. The van der Waals surface area contributed by atoms with Crippen molar-refractivity contribution in [2.45, 2.75) is 37.0 Å². The molecule has 2 nitrogen and oxygen atoms in total. The molecule has 1 aliphatic carbocycles. The SMILES string of the molecule is CSC1CCC(n2c(CCCl)nc3cc(F)c(Cl)cc32)C1. The van der Waals surface area contributed by atoms with Crippen LogP contribution in [0.2, 0.25) is 5.02 Å². The van der Waals surface area contributed by atoms with Gasteiger partial charge in [-0.2, -0.15) is 11.8 Å². The van der Waals surface area contributed by atoms with E-state index in [2.05, 4.69) is 15.8 Å². The Balaban J connectivity index is 2.09. The maximum absolute atomic E-state index is 13.7. The zero-order valence-corrected chi connectivity index (χ0v) is 14.1. The lowest BCUT2D eigenvalue weighted by Crippen LogP contribution is -2.11. The standard InChI is InChI=1S/C15H17Cl2FN2S/c1-21-10-3-2-9(6-10)20-14-7-11(17)12(18)8-13(14)19-15(20)4-5-16/h7-10H,2-6H2,1H3. The van der Waals surface area contributed by atoms with Gasteiger partial charge in [0.25, 0.3) is 0 Å². The van der Waals surface area contributed by atoms with Crippen molar-refractivity contribution in [3.63, 3.8) is 0 Å². The molecule has 0 aliphatic heterocycles. The minimum Gasteiger partial charge on any atom is -0.325 e. The smallest absolute Gasteiger partial charge is 0.144 e. The monoisotopic (exact) mass is 346 g/mol. The van der Waals surface area contributed by atoms with E-state index in [0.29, 0.717) is 29.1 Å². The highest BCUT2D eigenvalue weighted by molar-refractivity contribution is 7.99.